The average molecular weight is 348 g/mol. The van der Waals surface area contributed by atoms with Crippen LogP contribution in [-0.2, 0) is 14.8 Å². The van der Waals surface area contributed by atoms with Crippen LogP contribution in [0.4, 0.5) is 0 Å². The number of amides is 1. The molecule has 1 amide bonds. The molecule has 0 aliphatic carbocycles. The molecule has 0 radical (unpaired) electrons. The lowest BCUT2D eigenvalue weighted by Gasteiger charge is -2.24. The number of hydrogen-bond acceptors (Lipinski definition) is 4. The van der Waals surface area contributed by atoms with Gasteiger partial charge in [0.1, 0.15) is 11.5 Å². The summed E-state index contributed by atoms with van der Waals surface area (Å²) in [5.41, 5.74) is 0.680. The largest absolute Gasteiger partial charge is 0.462 e. The number of nitrogens with two attached hydrogens (primary N) is 1. The van der Waals surface area contributed by atoms with E-state index in [2.05, 4.69) is 0 Å². The number of aryl methyl sites for hydroxylation is 1. The van der Waals surface area contributed by atoms with Crippen LogP contribution >= 0.6 is 0 Å². The lowest BCUT2D eigenvalue weighted by Crippen LogP contribution is -2.28. The Morgan fingerprint density at radius 2 is 2.00 bits per heavy atom. The van der Waals surface area contributed by atoms with E-state index in [1.807, 2.05) is 19.9 Å². The standard InChI is InChI=1S/C17H20N2O4S/c1-12-7-8-15(23-12)9-10-17(20)19(3)13(2)14-5-4-6-16(11-14)24(18,21)22/h4-11,13H,1-3H3,(H2,18,21,22)/b10-9+/t13-/m1/s1. The summed E-state index contributed by atoms with van der Waals surface area (Å²) in [4.78, 5) is 13.8. The third-order valence-corrected chi connectivity index (χ3v) is 4.66. The molecule has 0 aliphatic rings. The summed E-state index contributed by atoms with van der Waals surface area (Å²) in [6.45, 7) is 3.64. The lowest BCUT2D eigenvalue weighted by atomic mass is 10.1. The maximum Gasteiger partial charge on any atom is 0.246 e. The molecule has 0 spiro atoms. The molecule has 2 aromatic rings. The molecule has 24 heavy (non-hydrogen) atoms. The van der Waals surface area contributed by atoms with Gasteiger partial charge in [-0.2, -0.15) is 0 Å². The zero-order valence-electron chi connectivity index (χ0n) is 13.8. The van der Waals surface area contributed by atoms with Gasteiger partial charge in [0.2, 0.25) is 15.9 Å². The third kappa shape index (κ3) is 4.33. The molecule has 0 aliphatic heterocycles. The third-order valence-electron chi connectivity index (χ3n) is 3.75. The Morgan fingerprint density at radius 1 is 1.29 bits per heavy atom. The Labute approximate surface area is 141 Å². The first kappa shape index (κ1) is 18.0. The predicted molar refractivity (Wildman–Crippen MR) is 91.5 cm³/mol. The predicted octanol–water partition coefficient (Wildman–Crippen LogP) is 2.47. The van der Waals surface area contributed by atoms with Gasteiger partial charge in [0.15, 0.2) is 0 Å². The molecule has 0 bridgehead atoms. The van der Waals surface area contributed by atoms with Crippen molar-refractivity contribution in [1.82, 2.24) is 4.90 Å². The molecule has 0 saturated carbocycles. The first-order valence-electron chi connectivity index (χ1n) is 7.32. The number of likely N-dealkylation sites (N-methyl/N-ethyl adjacent to an activating group) is 1. The summed E-state index contributed by atoms with van der Waals surface area (Å²) in [6.07, 6.45) is 3.01. The fourth-order valence-corrected chi connectivity index (χ4v) is 2.75. The zero-order valence-corrected chi connectivity index (χ0v) is 14.6. The van der Waals surface area contributed by atoms with E-state index in [4.69, 9.17) is 9.56 Å². The SMILES string of the molecule is Cc1ccc(/C=C/C(=O)N(C)[C@H](C)c2cccc(S(N)(=O)=O)c2)o1. The number of primary sulfonamides is 1. The fourth-order valence-electron chi connectivity index (χ4n) is 2.18. The Bertz CT molecular complexity index is 868. The molecule has 7 heteroatoms. The van der Waals surface area contributed by atoms with Crippen LogP contribution in [-0.4, -0.2) is 26.3 Å². The van der Waals surface area contributed by atoms with E-state index in [1.165, 1.54) is 23.1 Å². The minimum absolute atomic E-state index is 0.0225. The van der Waals surface area contributed by atoms with Gasteiger partial charge < -0.3 is 9.32 Å². The monoisotopic (exact) mass is 348 g/mol. The summed E-state index contributed by atoms with van der Waals surface area (Å²) in [6, 6.07) is 9.53. The van der Waals surface area contributed by atoms with Crippen LogP contribution in [0.5, 0.6) is 0 Å². The van der Waals surface area contributed by atoms with Crippen molar-refractivity contribution in [3.8, 4) is 0 Å². The maximum absolute atomic E-state index is 12.3. The van der Waals surface area contributed by atoms with Gasteiger partial charge >= 0.3 is 0 Å². The Morgan fingerprint density at radius 3 is 2.58 bits per heavy atom. The second kappa shape index (κ2) is 7.02. The highest BCUT2D eigenvalue weighted by molar-refractivity contribution is 7.89. The minimum atomic E-state index is -3.78. The van der Waals surface area contributed by atoms with Gasteiger partial charge in [-0.05, 0) is 49.8 Å². The van der Waals surface area contributed by atoms with E-state index in [0.717, 1.165) is 5.76 Å². The molecule has 0 saturated heterocycles. The molecule has 0 unspecified atom stereocenters. The van der Waals surface area contributed by atoms with E-state index in [0.29, 0.717) is 11.3 Å². The minimum Gasteiger partial charge on any atom is -0.462 e. The summed E-state index contributed by atoms with van der Waals surface area (Å²) in [5.74, 6) is 1.14. The first-order chi connectivity index (χ1) is 11.2. The maximum atomic E-state index is 12.3. The van der Waals surface area contributed by atoms with Crippen LogP contribution in [0.1, 0.15) is 30.0 Å². The second-order valence-electron chi connectivity index (χ2n) is 5.52. The van der Waals surface area contributed by atoms with Gasteiger partial charge in [-0.15, -0.1) is 0 Å². The highest BCUT2D eigenvalue weighted by atomic mass is 32.2. The van der Waals surface area contributed by atoms with Crippen LogP contribution in [0.3, 0.4) is 0 Å². The van der Waals surface area contributed by atoms with Gasteiger partial charge in [0, 0.05) is 13.1 Å². The van der Waals surface area contributed by atoms with Crippen molar-refractivity contribution >= 4 is 22.0 Å². The Balaban J connectivity index is 2.15. The molecule has 0 fully saturated rings. The lowest BCUT2D eigenvalue weighted by molar-refractivity contribution is -0.126. The van der Waals surface area contributed by atoms with E-state index < -0.39 is 10.0 Å². The second-order valence-corrected chi connectivity index (χ2v) is 7.09. The number of rotatable bonds is 5. The number of hydrogen-bond donors (Lipinski definition) is 1. The summed E-state index contributed by atoms with van der Waals surface area (Å²) < 4.78 is 28.3. The number of sulfonamides is 1. The van der Waals surface area contributed by atoms with Gasteiger partial charge in [-0.25, -0.2) is 13.6 Å². The van der Waals surface area contributed by atoms with Crippen molar-refractivity contribution in [1.29, 1.82) is 0 Å². The quantitative estimate of drug-likeness (QED) is 0.840. The van der Waals surface area contributed by atoms with Crippen LogP contribution in [0.25, 0.3) is 6.08 Å². The van der Waals surface area contributed by atoms with E-state index in [1.54, 1.807) is 31.3 Å². The highest BCUT2D eigenvalue weighted by Gasteiger charge is 2.17. The van der Waals surface area contributed by atoms with E-state index >= 15 is 0 Å². The van der Waals surface area contributed by atoms with Crippen LogP contribution in [0, 0.1) is 6.92 Å². The fraction of sp³-hybridized carbons (Fsp3) is 0.235. The summed E-state index contributed by atoms with van der Waals surface area (Å²) >= 11 is 0. The number of nitrogens with zero attached hydrogens (tertiary/aromatic N) is 1. The summed E-state index contributed by atoms with van der Waals surface area (Å²) in [5, 5.41) is 5.15. The molecule has 1 aromatic heterocycles. The molecule has 2 rings (SSSR count). The van der Waals surface area contributed by atoms with Crippen LogP contribution in [0.2, 0.25) is 0 Å². The molecule has 128 valence electrons. The molecular formula is C17H20N2O4S. The molecule has 1 heterocycles. The highest BCUT2D eigenvalue weighted by Crippen LogP contribution is 2.22. The molecule has 6 nitrogen and oxygen atoms in total. The van der Waals surface area contributed by atoms with Crippen molar-refractivity contribution in [3.63, 3.8) is 0 Å². The van der Waals surface area contributed by atoms with Gasteiger partial charge in [-0.1, -0.05) is 12.1 Å². The smallest absolute Gasteiger partial charge is 0.246 e. The Hall–Kier alpha value is -2.38. The van der Waals surface area contributed by atoms with E-state index in [9.17, 15) is 13.2 Å². The molecule has 2 N–H and O–H groups in total. The molecular weight excluding hydrogens is 328 g/mol. The molecule has 1 aromatic carbocycles. The van der Waals surface area contributed by atoms with Crippen LogP contribution < -0.4 is 5.14 Å². The van der Waals surface area contributed by atoms with E-state index in [-0.39, 0.29) is 16.8 Å². The van der Waals surface area contributed by atoms with Crippen molar-refractivity contribution < 1.29 is 17.6 Å². The first-order valence-corrected chi connectivity index (χ1v) is 8.87. The number of benzene rings is 1. The van der Waals surface area contributed by atoms with Crippen LogP contribution in [0.15, 0.2) is 51.8 Å². The normalized spacial score (nSPS) is 13.2. The van der Waals surface area contributed by atoms with Gasteiger partial charge in [0.25, 0.3) is 0 Å². The van der Waals surface area contributed by atoms with Gasteiger partial charge in [-0.3, -0.25) is 4.79 Å². The number of carbonyl (C=O) groups is 1. The molecule has 1 atom stereocenters. The zero-order chi connectivity index (χ0) is 17.9. The average Bonchev–Trinajstić information content (AvgIpc) is 2.96. The van der Waals surface area contributed by atoms with Crippen molar-refractivity contribution in [3.05, 3.63) is 59.6 Å². The van der Waals surface area contributed by atoms with Gasteiger partial charge in [0.05, 0.1) is 10.9 Å². The van der Waals surface area contributed by atoms with Crippen molar-refractivity contribution in [2.75, 3.05) is 7.05 Å². The Kier molecular flexibility index (Phi) is 5.26. The topological polar surface area (TPSA) is 93.6 Å². The summed E-state index contributed by atoms with van der Waals surface area (Å²) in [7, 11) is -2.13. The number of carbonyl (C=O) groups excluding carboxylic acids is 1. The van der Waals surface area contributed by atoms with Crippen molar-refractivity contribution in [2.45, 2.75) is 24.8 Å². The number of furan rings is 1. The van der Waals surface area contributed by atoms with Crippen molar-refractivity contribution in [2.24, 2.45) is 5.14 Å².